The first kappa shape index (κ1) is 14.3. The molecule has 2 aromatic rings. The Morgan fingerprint density at radius 1 is 0.905 bits per heavy atom. The molecule has 1 heteroatoms. The molecule has 1 saturated carbocycles. The van der Waals surface area contributed by atoms with Crippen molar-refractivity contribution < 1.29 is 4.39 Å². The monoisotopic (exact) mass is 282 g/mol. The van der Waals surface area contributed by atoms with Crippen LogP contribution in [0, 0.1) is 5.82 Å². The van der Waals surface area contributed by atoms with Crippen LogP contribution < -0.4 is 0 Å². The normalized spacial score (nSPS) is 16.1. The van der Waals surface area contributed by atoms with Crippen LogP contribution in [0.2, 0.25) is 0 Å². The number of benzene rings is 2. The van der Waals surface area contributed by atoms with Gasteiger partial charge in [-0.3, -0.25) is 0 Å². The Labute approximate surface area is 127 Å². The molecule has 0 bridgehead atoms. The highest BCUT2D eigenvalue weighted by atomic mass is 19.1. The molecule has 0 amide bonds. The van der Waals surface area contributed by atoms with Gasteiger partial charge in [-0.15, -0.1) is 0 Å². The topological polar surface area (TPSA) is 0 Å². The fourth-order valence-electron chi connectivity index (χ4n) is 3.40. The molecule has 0 aromatic heterocycles. The van der Waals surface area contributed by atoms with Crippen LogP contribution in [-0.4, -0.2) is 0 Å². The van der Waals surface area contributed by atoms with Gasteiger partial charge in [0.2, 0.25) is 0 Å². The highest BCUT2D eigenvalue weighted by Crippen LogP contribution is 2.33. The van der Waals surface area contributed by atoms with E-state index in [0.29, 0.717) is 0 Å². The van der Waals surface area contributed by atoms with Gasteiger partial charge in [0, 0.05) is 0 Å². The molecule has 0 unspecified atom stereocenters. The Hall–Kier alpha value is -1.63. The third-order valence-corrected chi connectivity index (χ3v) is 4.75. The van der Waals surface area contributed by atoms with Crippen molar-refractivity contribution in [2.75, 3.05) is 0 Å². The molecule has 2 aromatic carbocycles. The summed E-state index contributed by atoms with van der Waals surface area (Å²) in [5.74, 6) is 0.637. The number of hydrogen-bond acceptors (Lipinski definition) is 0. The van der Waals surface area contributed by atoms with E-state index in [0.717, 1.165) is 29.0 Å². The zero-order valence-electron chi connectivity index (χ0n) is 12.7. The fourth-order valence-corrected chi connectivity index (χ4v) is 3.40. The Morgan fingerprint density at radius 2 is 1.57 bits per heavy atom. The van der Waals surface area contributed by atoms with E-state index in [1.807, 2.05) is 19.1 Å². The van der Waals surface area contributed by atoms with E-state index in [1.54, 1.807) is 6.07 Å². The SMILES string of the molecule is CCc1ccc(-c2ccc(C3CCCCC3)cc2)cc1F. The van der Waals surface area contributed by atoms with Crippen LogP contribution in [0.25, 0.3) is 11.1 Å². The van der Waals surface area contributed by atoms with E-state index in [9.17, 15) is 4.39 Å². The average Bonchev–Trinajstić information content (AvgIpc) is 2.56. The minimum absolute atomic E-state index is 0.0913. The molecule has 0 spiro atoms. The number of hydrogen-bond donors (Lipinski definition) is 0. The molecule has 21 heavy (non-hydrogen) atoms. The third kappa shape index (κ3) is 3.18. The fraction of sp³-hybridized carbons (Fsp3) is 0.400. The minimum Gasteiger partial charge on any atom is -0.207 e. The van der Waals surface area contributed by atoms with E-state index in [4.69, 9.17) is 0 Å². The molecule has 0 radical (unpaired) electrons. The van der Waals surface area contributed by atoms with Crippen molar-refractivity contribution in [1.82, 2.24) is 0 Å². The van der Waals surface area contributed by atoms with E-state index >= 15 is 0 Å². The largest absolute Gasteiger partial charge is 0.207 e. The lowest BCUT2D eigenvalue weighted by Crippen LogP contribution is -2.04. The first-order valence-electron chi connectivity index (χ1n) is 8.16. The van der Waals surface area contributed by atoms with E-state index in [1.165, 1.54) is 37.7 Å². The maximum absolute atomic E-state index is 13.9. The minimum atomic E-state index is -0.0913. The van der Waals surface area contributed by atoms with Crippen LogP contribution >= 0.6 is 0 Å². The summed E-state index contributed by atoms with van der Waals surface area (Å²) >= 11 is 0. The zero-order chi connectivity index (χ0) is 14.7. The summed E-state index contributed by atoms with van der Waals surface area (Å²) in [6.45, 7) is 1.98. The summed E-state index contributed by atoms with van der Waals surface area (Å²) in [6.07, 6.45) is 7.48. The maximum atomic E-state index is 13.9. The highest BCUT2D eigenvalue weighted by Gasteiger charge is 2.15. The summed E-state index contributed by atoms with van der Waals surface area (Å²) < 4.78 is 13.9. The molecule has 0 nitrogen and oxygen atoms in total. The Morgan fingerprint density at radius 3 is 2.19 bits per heavy atom. The number of rotatable bonds is 3. The molecule has 1 aliphatic rings. The molecule has 0 N–H and O–H groups in total. The Kier molecular flexibility index (Phi) is 4.38. The number of aryl methyl sites for hydroxylation is 1. The van der Waals surface area contributed by atoms with Crippen molar-refractivity contribution in [3.63, 3.8) is 0 Å². The lowest BCUT2D eigenvalue weighted by atomic mass is 9.83. The van der Waals surface area contributed by atoms with Crippen LogP contribution in [0.1, 0.15) is 56.1 Å². The molecule has 0 saturated heterocycles. The summed E-state index contributed by atoms with van der Waals surface area (Å²) in [5, 5.41) is 0. The van der Waals surface area contributed by atoms with Crippen LogP contribution in [-0.2, 0) is 6.42 Å². The molecular formula is C20H23F. The molecule has 1 fully saturated rings. The van der Waals surface area contributed by atoms with Gasteiger partial charge in [-0.2, -0.15) is 0 Å². The smallest absolute Gasteiger partial charge is 0.127 e. The molecule has 3 rings (SSSR count). The third-order valence-electron chi connectivity index (χ3n) is 4.75. The van der Waals surface area contributed by atoms with Gasteiger partial charge < -0.3 is 0 Å². The van der Waals surface area contributed by atoms with Gasteiger partial charge in [0.05, 0.1) is 0 Å². The van der Waals surface area contributed by atoms with Crippen molar-refractivity contribution in [2.45, 2.75) is 51.4 Å². The van der Waals surface area contributed by atoms with Crippen molar-refractivity contribution in [1.29, 1.82) is 0 Å². The van der Waals surface area contributed by atoms with Gasteiger partial charge in [0.1, 0.15) is 5.82 Å². The molecule has 0 aliphatic heterocycles. The molecule has 0 heterocycles. The van der Waals surface area contributed by atoms with Crippen LogP contribution in [0.4, 0.5) is 4.39 Å². The number of halogens is 1. The van der Waals surface area contributed by atoms with Crippen molar-refractivity contribution in [2.24, 2.45) is 0 Å². The van der Waals surface area contributed by atoms with Crippen LogP contribution in [0.15, 0.2) is 42.5 Å². The summed E-state index contributed by atoms with van der Waals surface area (Å²) in [4.78, 5) is 0. The van der Waals surface area contributed by atoms with E-state index in [-0.39, 0.29) is 5.82 Å². The molecule has 110 valence electrons. The summed E-state index contributed by atoms with van der Waals surface area (Å²) in [5.41, 5.74) is 4.32. The van der Waals surface area contributed by atoms with Gasteiger partial charge in [0.25, 0.3) is 0 Å². The van der Waals surface area contributed by atoms with Gasteiger partial charge in [-0.1, -0.05) is 62.6 Å². The van der Waals surface area contributed by atoms with Gasteiger partial charge >= 0.3 is 0 Å². The predicted molar refractivity (Wildman–Crippen MR) is 87.0 cm³/mol. The summed E-state index contributed by atoms with van der Waals surface area (Å²) in [7, 11) is 0. The van der Waals surface area contributed by atoms with Crippen molar-refractivity contribution >= 4 is 0 Å². The zero-order valence-corrected chi connectivity index (χ0v) is 12.7. The van der Waals surface area contributed by atoms with E-state index < -0.39 is 0 Å². The lowest BCUT2D eigenvalue weighted by Gasteiger charge is -2.22. The second kappa shape index (κ2) is 6.43. The average molecular weight is 282 g/mol. The quantitative estimate of drug-likeness (QED) is 0.637. The van der Waals surface area contributed by atoms with Crippen LogP contribution in [0.3, 0.4) is 0 Å². The predicted octanol–water partition coefficient (Wildman–Crippen LogP) is 6.10. The van der Waals surface area contributed by atoms with Gasteiger partial charge in [-0.05, 0) is 53.5 Å². The molecule has 1 aliphatic carbocycles. The van der Waals surface area contributed by atoms with E-state index in [2.05, 4.69) is 24.3 Å². The molecular weight excluding hydrogens is 259 g/mol. The van der Waals surface area contributed by atoms with Gasteiger partial charge in [0.15, 0.2) is 0 Å². The Balaban J connectivity index is 1.81. The standard InChI is InChI=1S/C20H23F/c1-2-15-8-13-19(14-20(15)21)18-11-9-17(10-12-18)16-6-4-3-5-7-16/h8-14,16H,2-7H2,1H3. The van der Waals surface area contributed by atoms with Crippen molar-refractivity contribution in [3.8, 4) is 11.1 Å². The molecule has 0 atom stereocenters. The summed E-state index contributed by atoms with van der Waals surface area (Å²) in [6, 6.07) is 14.3. The Bertz CT molecular complexity index is 592. The first-order valence-corrected chi connectivity index (χ1v) is 8.16. The van der Waals surface area contributed by atoms with Gasteiger partial charge in [-0.25, -0.2) is 4.39 Å². The maximum Gasteiger partial charge on any atom is 0.127 e. The highest BCUT2D eigenvalue weighted by molar-refractivity contribution is 5.64. The van der Waals surface area contributed by atoms with Crippen molar-refractivity contribution in [3.05, 3.63) is 59.4 Å². The lowest BCUT2D eigenvalue weighted by molar-refractivity contribution is 0.443. The second-order valence-electron chi connectivity index (χ2n) is 6.12. The first-order chi connectivity index (χ1) is 10.3. The second-order valence-corrected chi connectivity index (χ2v) is 6.12. The van der Waals surface area contributed by atoms with Crippen LogP contribution in [0.5, 0.6) is 0 Å².